The van der Waals surface area contributed by atoms with E-state index >= 15 is 0 Å². The van der Waals surface area contributed by atoms with Gasteiger partial charge < -0.3 is 40.1 Å². The van der Waals surface area contributed by atoms with E-state index in [1.165, 1.54) is 11.0 Å². The van der Waals surface area contributed by atoms with Gasteiger partial charge in [-0.2, -0.15) is 18.4 Å². The molecule has 4 amide bonds. The summed E-state index contributed by atoms with van der Waals surface area (Å²) in [6, 6.07) is 24.3. The molecule has 4 N–H and O–H groups in total. The van der Waals surface area contributed by atoms with E-state index in [2.05, 4.69) is 15.6 Å². The van der Waals surface area contributed by atoms with Crippen LogP contribution >= 0.6 is 23.6 Å². The minimum Gasteiger partial charge on any atom is -0.493 e. The van der Waals surface area contributed by atoms with Crippen molar-refractivity contribution in [2.45, 2.75) is 103 Å². The number of amides is 4. The lowest BCUT2D eigenvalue weighted by molar-refractivity contribution is -0.145. The van der Waals surface area contributed by atoms with Crippen molar-refractivity contribution < 1.29 is 52.0 Å². The second-order valence-electron chi connectivity index (χ2n) is 19.9. The number of nitrogens with zero attached hydrogens (tertiary/aromatic N) is 5. The maximum absolute atomic E-state index is 14.1. The van der Waals surface area contributed by atoms with Gasteiger partial charge in [-0.3, -0.25) is 24.1 Å². The number of carbonyl (C=O) groups is 4. The van der Waals surface area contributed by atoms with Crippen molar-refractivity contribution in [3.05, 3.63) is 119 Å². The van der Waals surface area contributed by atoms with Crippen molar-refractivity contribution in [1.29, 1.82) is 5.26 Å². The normalized spacial score (nSPS) is 18.0. The van der Waals surface area contributed by atoms with E-state index in [9.17, 15) is 47.8 Å². The molecule has 0 radical (unpaired) electrons. The van der Waals surface area contributed by atoms with Crippen LogP contribution in [-0.2, 0) is 30.1 Å². The average molecular weight is 1050 g/mol. The number of anilines is 2. The van der Waals surface area contributed by atoms with Gasteiger partial charge in [0.25, 0.3) is 5.91 Å². The summed E-state index contributed by atoms with van der Waals surface area (Å²) in [4.78, 5) is 63.9. The van der Waals surface area contributed by atoms with Crippen molar-refractivity contribution >= 4 is 63.7 Å². The molecule has 2 fully saturated rings. The molecule has 0 spiro atoms. The first-order valence-electron chi connectivity index (χ1n) is 23.9. The number of rotatable bonds is 17. The molecule has 7 rings (SSSR count). The number of halogens is 3. The van der Waals surface area contributed by atoms with Crippen molar-refractivity contribution in [1.82, 2.24) is 20.5 Å². The molecule has 2 aliphatic rings. The number of ether oxygens (including phenoxy) is 2. The van der Waals surface area contributed by atoms with Crippen LogP contribution in [-0.4, -0.2) is 105 Å². The Labute approximate surface area is 436 Å². The van der Waals surface area contributed by atoms with E-state index in [1.807, 2.05) is 62.4 Å². The molecule has 1 aromatic heterocycles. The number of carbonyl (C=O) groups excluding carboxylic acids is 4. The Morgan fingerprint density at radius 2 is 1.58 bits per heavy atom. The molecule has 3 heterocycles. The van der Waals surface area contributed by atoms with Crippen LogP contribution in [0.3, 0.4) is 0 Å². The van der Waals surface area contributed by atoms with Crippen LogP contribution in [0.4, 0.5) is 24.5 Å². The maximum atomic E-state index is 14.1. The fourth-order valence-electron chi connectivity index (χ4n) is 8.91. The number of thiocarbonyl (C=S) groups is 1. The summed E-state index contributed by atoms with van der Waals surface area (Å²) in [5, 5.41) is 36.2. The molecule has 2 saturated heterocycles. The third-order valence-electron chi connectivity index (χ3n) is 13.0. The van der Waals surface area contributed by atoms with Gasteiger partial charge in [0.2, 0.25) is 17.7 Å². The molecular formula is C54H58F3N7O8S2. The van der Waals surface area contributed by atoms with Crippen LogP contribution in [0, 0.1) is 23.7 Å². The minimum absolute atomic E-state index is 0.0157. The number of aliphatic hydroxyl groups is 2. The smallest absolute Gasteiger partial charge is 0.417 e. The summed E-state index contributed by atoms with van der Waals surface area (Å²) < 4.78 is 52.7. The molecule has 390 valence electrons. The maximum Gasteiger partial charge on any atom is 0.417 e. The summed E-state index contributed by atoms with van der Waals surface area (Å²) in [5.74, 6) is -1.53. The Balaban J connectivity index is 0.862. The Kier molecular flexibility index (Phi) is 16.6. The van der Waals surface area contributed by atoms with Gasteiger partial charge in [-0.1, -0.05) is 69.3 Å². The van der Waals surface area contributed by atoms with Crippen LogP contribution in [0.1, 0.15) is 82.8 Å². The second-order valence-corrected chi connectivity index (χ2v) is 21.1. The van der Waals surface area contributed by atoms with Gasteiger partial charge in [0.1, 0.15) is 30.0 Å². The van der Waals surface area contributed by atoms with Gasteiger partial charge in [-0.25, -0.2) is 4.98 Å². The standard InChI is InChI=1S/C54H58F3N7O8S2/c1-31(33-8-10-36(11-9-33)46-32(2)59-30-74-46)60-48(68)44-25-41(66)27-62(44)49(69)47(52(3,4)5)61-45(67)29-71-28-40(65)22-23-72-42-20-15-35(16-21-42)34-12-17-38(18-13-34)64-51(73)63(50(70)53(64,6)7)39-19-14-37(26-58)43(24-39)54(55,56)57/h8-21,24,30-31,40-41,44,47,65-66H,22-23,25,27-29H2,1-7H3,(H,60,68)(H,61,67)/t31-,40+,41+,44-,47?/m0/s1. The summed E-state index contributed by atoms with van der Waals surface area (Å²) in [6.45, 7) is 11.8. The van der Waals surface area contributed by atoms with Crippen molar-refractivity contribution in [2.75, 3.05) is 36.2 Å². The molecule has 0 saturated carbocycles. The Hall–Kier alpha value is -6.76. The lowest BCUT2D eigenvalue weighted by Crippen LogP contribution is -2.58. The lowest BCUT2D eigenvalue weighted by atomic mass is 9.85. The molecular weight excluding hydrogens is 996 g/mol. The second kappa shape index (κ2) is 22.4. The highest BCUT2D eigenvalue weighted by Gasteiger charge is 2.51. The van der Waals surface area contributed by atoms with E-state index in [4.69, 9.17) is 21.7 Å². The first-order valence-corrected chi connectivity index (χ1v) is 25.2. The number of aliphatic hydroxyl groups excluding tert-OH is 2. The fraction of sp³-hybridized carbons (Fsp3) is 0.389. The van der Waals surface area contributed by atoms with Gasteiger partial charge >= 0.3 is 6.18 Å². The Morgan fingerprint density at radius 1 is 0.959 bits per heavy atom. The number of hydrogen-bond acceptors (Lipinski definition) is 12. The minimum atomic E-state index is -4.82. The van der Waals surface area contributed by atoms with Gasteiger partial charge in [0.15, 0.2) is 5.11 Å². The van der Waals surface area contributed by atoms with E-state index in [-0.39, 0.29) is 43.4 Å². The highest BCUT2D eigenvalue weighted by molar-refractivity contribution is 7.81. The summed E-state index contributed by atoms with van der Waals surface area (Å²) in [5.41, 5.74) is 2.94. The number of hydrogen-bond donors (Lipinski definition) is 4. The zero-order valence-corrected chi connectivity index (χ0v) is 43.5. The quantitative estimate of drug-likeness (QED) is 0.0654. The first-order chi connectivity index (χ1) is 34.9. The largest absolute Gasteiger partial charge is 0.493 e. The van der Waals surface area contributed by atoms with Crippen molar-refractivity contribution in [3.63, 3.8) is 0 Å². The number of likely N-dealkylation sites (tertiary alicyclic amines) is 1. The molecule has 15 nitrogen and oxygen atoms in total. The molecule has 5 atom stereocenters. The average Bonchev–Trinajstić information content (AvgIpc) is 4.02. The molecule has 74 heavy (non-hydrogen) atoms. The van der Waals surface area contributed by atoms with Crippen molar-refractivity contribution in [2.24, 2.45) is 5.41 Å². The van der Waals surface area contributed by atoms with Crippen LogP contribution in [0.2, 0.25) is 0 Å². The Morgan fingerprint density at radius 3 is 2.18 bits per heavy atom. The van der Waals surface area contributed by atoms with Crippen LogP contribution in [0.5, 0.6) is 5.75 Å². The molecule has 5 aromatic rings. The molecule has 0 aliphatic carbocycles. The lowest BCUT2D eigenvalue weighted by Gasteiger charge is -2.35. The number of thiazole rings is 1. The van der Waals surface area contributed by atoms with Crippen LogP contribution in [0.25, 0.3) is 21.6 Å². The number of nitrogens with one attached hydrogen (secondary N) is 2. The number of benzene rings is 4. The third-order valence-corrected chi connectivity index (χ3v) is 14.3. The SMILES string of the molecule is Cc1ncsc1-c1ccc([C@H](C)NC(=O)[C@@H]2C[C@@H](O)CN2C(=O)C(NC(=O)COC[C@H](O)CCOc2ccc(-c3ccc(N4C(=S)N(c5ccc(C#N)c(C(F)(F)F)c5)C(=O)C4(C)C)cc3)cc2)C(C)(C)C)cc1. The Bertz CT molecular complexity index is 2920. The topological polar surface area (TPSA) is 198 Å². The van der Waals surface area contributed by atoms with E-state index in [0.717, 1.165) is 49.9 Å². The summed E-state index contributed by atoms with van der Waals surface area (Å²) >= 11 is 7.22. The van der Waals surface area contributed by atoms with Gasteiger partial charge in [0, 0.05) is 25.1 Å². The predicted octanol–water partition coefficient (Wildman–Crippen LogP) is 8.11. The fourth-order valence-corrected chi connectivity index (χ4v) is 10.2. The van der Waals surface area contributed by atoms with Gasteiger partial charge in [-0.15, -0.1) is 11.3 Å². The van der Waals surface area contributed by atoms with Crippen molar-refractivity contribution in [3.8, 4) is 33.4 Å². The van der Waals surface area contributed by atoms with E-state index in [0.29, 0.717) is 11.4 Å². The summed E-state index contributed by atoms with van der Waals surface area (Å²) in [7, 11) is 0. The summed E-state index contributed by atoms with van der Waals surface area (Å²) in [6.07, 6.45) is -6.51. The zero-order chi connectivity index (χ0) is 53.9. The van der Waals surface area contributed by atoms with Crippen LogP contribution < -0.4 is 25.2 Å². The molecule has 0 bridgehead atoms. The van der Waals surface area contributed by atoms with E-state index in [1.54, 1.807) is 86.7 Å². The number of aromatic nitrogens is 1. The van der Waals surface area contributed by atoms with Gasteiger partial charge in [0.05, 0.1) is 70.4 Å². The predicted molar refractivity (Wildman–Crippen MR) is 278 cm³/mol. The molecule has 2 aliphatic heterocycles. The third kappa shape index (κ3) is 12.3. The number of aryl methyl sites for hydroxylation is 1. The zero-order valence-electron chi connectivity index (χ0n) is 41.9. The number of nitriles is 1. The molecule has 20 heteroatoms. The van der Waals surface area contributed by atoms with Gasteiger partial charge in [-0.05, 0) is 110 Å². The number of β-amino-alcohol motifs (C(OH)–C–C–N with tert-alkyl or cyclic N) is 1. The molecule has 4 aromatic carbocycles. The highest BCUT2D eigenvalue weighted by Crippen LogP contribution is 2.40. The molecule has 1 unspecified atom stereocenters. The number of alkyl halides is 3. The van der Waals surface area contributed by atoms with E-state index < -0.39 is 88.8 Å². The highest BCUT2D eigenvalue weighted by atomic mass is 32.1. The monoisotopic (exact) mass is 1050 g/mol. The first kappa shape index (κ1) is 55.0. The van der Waals surface area contributed by atoms with Crippen LogP contribution in [0.15, 0.2) is 96.5 Å².